The summed E-state index contributed by atoms with van der Waals surface area (Å²) in [6.07, 6.45) is 4.95. The molecule has 0 bridgehead atoms. The van der Waals surface area contributed by atoms with Crippen molar-refractivity contribution >= 4 is 12.6 Å². The van der Waals surface area contributed by atoms with Gasteiger partial charge in [-0.25, -0.2) is 4.39 Å². The van der Waals surface area contributed by atoms with Crippen molar-refractivity contribution in [2.75, 3.05) is 6.54 Å². The van der Waals surface area contributed by atoms with Crippen LogP contribution in [0.2, 0.25) is 0 Å². The van der Waals surface area contributed by atoms with Crippen molar-refractivity contribution in [1.82, 2.24) is 4.90 Å². The van der Waals surface area contributed by atoms with Crippen molar-refractivity contribution in [3.63, 3.8) is 0 Å². The van der Waals surface area contributed by atoms with E-state index in [1.165, 1.54) is 37.8 Å². The number of rotatable bonds is 5. The Morgan fingerprint density at radius 3 is 2.53 bits per heavy atom. The van der Waals surface area contributed by atoms with Crippen LogP contribution in [0.15, 0.2) is 18.2 Å². The molecule has 2 N–H and O–H groups in total. The van der Waals surface area contributed by atoms with Crippen LogP contribution in [0.25, 0.3) is 0 Å². The summed E-state index contributed by atoms with van der Waals surface area (Å²) < 4.78 is 13.5. The molecule has 1 aliphatic rings. The molecule has 0 amide bonds. The highest BCUT2D eigenvalue weighted by Crippen LogP contribution is 2.24. The monoisotopic (exact) mass is 265 g/mol. The van der Waals surface area contributed by atoms with E-state index in [1.54, 1.807) is 6.07 Å². The third-order valence-electron chi connectivity index (χ3n) is 3.91. The fourth-order valence-electron chi connectivity index (χ4n) is 2.92. The molecule has 1 fully saturated rings. The standard InChI is InChI=1S/C14H21BFNO2/c1-2-17(14-5-3-4-6-14)10-11-7-12(15(18)19)9-13(16)8-11/h7-9,14,18-19H,2-6,10H2,1H3. The molecule has 0 spiro atoms. The number of halogens is 1. The molecule has 0 radical (unpaired) electrons. The predicted molar refractivity (Wildman–Crippen MR) is 74.6 cm³/mol. The smallest absolute Gasteiger partial charge is 0.423 e. The molecule has 0 atom stereocenters. The Hall–Kier alpha value is -0.905. The zero-order chi connectivity index (χ0) is 13.8. The summed E-state index contributed by atoms with van der Waals surface area (Å²) in [7, 11) is -1.61. The molecule has 104 valence electrons. The van der Waals surface area contributed by atoms with Gasteiger partial charge in [0.05, 0.1) is 0 Å². The third-order valence-corrected chi connectivity index (χ3v) is 3.91. The molecule has 19 heavy (non-hydrogen) atoms. The van der Waals surface area contributed by atoms with Gasteiger partial charge in [0.1, 0.15) is 5.82 Å². The Kier molecular flexibility index (Phi) is 4.96. The first kappa shape index (κ1) is 14.5. The normalized spacial score (nSPS) is 16.3. The van der Waals surface area contributed by atoms with Crippen molar-refractivity contribution < 1.29 is 14.4 Å². The molecule has 0 heterocycles. The van der Waals surface area contributed by atoms with Gasteiger partial charge in [-0.3, -0.25) is 4.90 Å². The lowest BCUT2D eigenvalue weighted by molar-refractivity contribution is 0.200. The van der Waals surface area contributed by atoms with Gasteiger partial charge in [-0.05, 0) is 42.5 Å². The second-order valence-electron chi connectivity index (χ2n) is 5.27. The summed E-state index contributed by atoms with van der Waals surface area (Å²) in [6.45, 7) is 3.70. The van der Waals surface area contributed by atoms with E-state index >= 15 is 0 Å². The summed E-state index contributed by atoms with van der Waals surface area (Å²) >= 11 is 0. The van der Waals surface area contributed by atoms with E-state index in [4.69, 9.17) is 10.0 Å². The van der Waals surface area contributed by atoms with Crippen LogP contribution in [0.1, 0.15) is 38.2 Å². The minimum Gasteiger partial charge on any atom is -0.423 e. The molecule has 0 aromatic heterocycles. The summed E-state index contributed by atoms with van der Waals surface area (Å²) in [6, 6.07) is 4.89. The molecule has 0 aliphatic heterocycles. The van der Waals surface area contributed by atoms with Crippen LogP contribution in [0.3, 0.4) is 0 Å². The molecular weight excluding hydrogens is 244 g/mol. The predicted octanol–water partition coefficient (Wildman–Crippen LogP) is 1.27. The summed E-state index contributed by atoms with van der Waals surface area (Å²) in [5, 5.41) is 18.3. The van der Waals surface area contributed by atoms with Crippen LogP contribution in [-0.4, -0.2) is 34.7 Å². The largest absolute Gasteiger partial charge is 0.488 e. The van der Waals surface area contributed by atoms with E-state index in [0.29, 0.717) is 12.6 Å². The first-order valence-corrected chi connectivity index (χ1v) is 6.99. The van der Waals surface area contributed by atoms with Crippen molar-refractivity contribution in [2.45, 2.75) is 45.2 Å². The summed E-state index contributed by atoms with van der Waals surface area (Å²) in [4.78, 5) is 2.34. The topological polar surface area (TPSA) is 43.7 Å². The Labute approximate surface area is 114 Å². The van der Waals surface area contributed by atoms with E-state index in [2.05, 4.69) is 11.8 Å². The average Bonchev–Trinajstić information content (AvgIpc) is 2.89. The van der Waals surface area contributed by atoms with E-state index < -0.39 is 12.9 Å². The van der Waals surface area contributed by atoms with Crippen LogP contribution in [-0.2, 0) is 6.54 Å². The molecule has 5 heteroatoms. The molecular formula is C14H21BFNO2. The van der Waals surface area contributed by atoms with Crippen LogP contribution in [0.5, 0.6) is 0 Å². The maximum Gasteiger partial charge on any atom is 0.488 e. The fourth-order valence-corrected chi connectivity index (χ4v) is 2.92. The molecule has 1 aromatic rings. The number of hydrogen-bond donors (Lipinski definition) is 2. The zero-order valence-corrected chi connectivity index (χ0v) is 11.3. The molecule has 0 saturated heterocycles. The highest BCUT2D eigenvalue weighted by atomic mass is 19.1. The van der Waals surface area contributed by atoms with Gasteiger partial charge in [0.25, 0.3) is 0 Å². The molecule has 2 rings (SSSR count). The quantitative estimate of drug-likeness (QED) is 0.788. The van der Waals surface area contributed by atoms with Crippen molar-refractivity contribution in [3.05, 3.63) is 29.6 Å². The number of nitrogens with zero attached hydrogens (tertiary/aromatic N) is 1. The van der Waals surface area contributed by atoms with Gasteiger partial charge in [0.15, 0.2) is 0 Å². The molecule has 3 nitrogen and oxygen atoms in total. The maximum atomic E-state index is 13.5. The van der Waals surface area contributed by atoms with Crippen molar-refractivity contribution in [2.24, 2.45) is 0 Å². The minimum atomic E-state index is -1.61. The van der Waals surface area contributed by atoms with E-state index in [-0.39, 0.29) is 5.46 Å². The van der Waals surface area contributed by atoms with Crippen LogP contribution in [0, 0.1) is 5.82 Å². The minimum absolute atomic E-state index is 0.220. The van der Waals surface area contributed by atoms with E-state index in [1.807, 2.05) is 0 Å². The molecule has 1 aliphatic carbocycles. The van der Waals surface area contributed by atoms with Gasteiger partial charge in [-0.2, -0.15) is 0 Å². The van der Waals surface area contributed by atoms with Gasteiger partial charge < -0.3 is 10.0 Å². The first-order chi connectivity index (χ1) is 9.10. The van der Waals surface area contributed by atoms with Gasteiger partial charge >= 0.3 is 7.12 Å². The van der Waals surface area contributed by atoms with Gasteiger partial charge in [0.2, 0.25) is 0 Å². The van der Waals surface area contributed by atoms with Crippen LogP contribution >= 0.6 is 0 Å². The van der Waals surface area contributed by atoms with E-state index in [0.717, 1.165) is 12.1 Å². The molecule has 1 saturated carbocycles. The highest BCUT2D eigenvalue weighted by molar-refractivity contribution is 6.58. The highest BCUT2D eigenvalue weighted by Gasteiger charge is 2.22. The zero-order valence-electron chi connectivity index (χ0n) is 11.3. The van der Waals surface area contributed by atoms with E-state index in [9.17, 15) is 4.39 Å². The third kappa shape index (κ3) is 3.78. The lowest BCUT2D eigenvalue weighted by Gasteiger charge is -2.27. The first-order valence-electron chi connectivity index (χ1n) is 6.99. The maximum absolute atomic E-state index is 13.5. The van der Waals surface area contributed by atoms with Crippen LogP contribution < -0.4 is 5.46 Å². The van der Waals surface area contributed by atoms with Gasteiger partial charge in [0, 0.05) is 12.6 Å². The summed E-state index contributed by atoms with van der Waals surface area (Å²) in [5.41, 5.74) is 1.02. The van der Waals surface area contributed by atoms with Crippen LogP contribution in [0.4, 0.5) is 4.39 Å². The van der Waals surface area contributed by atoms with Gasteiger partial charge in [-0.1, -0.05) is 25.8 Å². The number of hydrogen-bond acceptors (Lipinski definition) is 3. The lowest BCUT2D eigenvalue weighted by atomic mass is 9.79. The Morgan fingerprint density at radius 2 is 1.95 bits per heavy atom. The Bertz CT molecular complexity index is 422. The molecule has 0 unspecified atom stereocenters. The lowest BCUT2D eigenvalue weighted by Crippen LogP contribution is -2.34. The second-order valence-corrected chi connectivity index (χ2v) is 5.27. The van der Waals surface area contributed by atoms with Gasteiger partial charge in [-0.15, -0.1) is 0 Å². The molecule has 1 aromatic carbocycles. The Balaban J connectivity index is 2.12. The SMILES string of the molecule is CCN(Cc1cc(F)cc(B(O)O)c1)C1CCCC1. The second kappa shape index (κ2) is 6.50. The number of benzene rings is 1. The average molecular weight is 265 g/mol. The summed E-state index contributed by atoms with van der Waals surface area (Å²) in [5.74, 6) is -0.414. The van der Waals surface area contributed by atoms with Crippen molar-refractivity contribution in [1.29, 1.82) is 0 Å². The Morgan fingerprint density at radius 1 is 1.26 bits per heavy atom. The van der Waals surface area contributed by atoms with Crippen molar-refractivity contribution in [3.8, 4) is 0 Å². The fraction of sp³-hybridized carbons (Fsp3) is 0.571.